The topological polar surface area (TPSA) is 35.6 Å². The number of nitrogens with one attached hydrogen (secondary N) is 1. The lowest BCUT2D eigenvalue weighted by molar-refractivity contribution is 0.101. The Bertz CT molecular complexity index is 831. The summed E-state index contributed by atoms with van der Waals surface area (Å²) >= 11 is 18.1. The minimum atomic E-state index is 0.0383. The van der Waals surface area contributed by atoms with Gasteiger partial charge in [0.15, 0.2) is 10.9 Å². The number of carbonyl (C=O) groups is 1. The second kappa shape index (κ2) is 9.02. The molecule has 2 aromatic rings. The van der Waals surface area contributed by atoms with Crippen LogP contribution in [-0.4, -0.2) is 46.9 Å². The smallest absolute Gasteiger partial charge is 0.173 e. The van der Waals surface area contributed by atoms with Gasteiger partial charge in [-0.3, -0.25) is 9.69 Å². The minimum absolute atomic E-state index is 0.0383. The Balaban J connectivity index is 1.55. The number of nitrogens with zero attached hydrogens (tertiary/aromatic N) is 2. The first kappa shape index (κ1) is 20.1. The third-order valence-corrected chi connectivity index (χ3v) is 5.69. The van der Waals surface area contributed by atoms with Crippen LogP contribution in [0.15, 0.2) is 42.5 Å². The largest absolute Gasteiger partial charge is 0.346 e. The van der Waals surface area contributed by atoms with E-state index in [2.05, 4.69) is 15.1 Å². The van der Waals surface area contributed by atoms with Crippen molar-refractivity contribution in [3.63, 3.8) is 0 Å². The van der Waals surface area contributed by atoms with Crippen LogP contribution in [0.2, 0.25) is 10.0 Å². The van der Waals surface area contributed by atoms with Crippen molar-refractivity contribution in [2.24, 2.45) is 0 Å². The average Bonchev–Trinajstić information content (AvgIpc) is 2.65. The van der Waals surface area contributed by atoms with E-state index in [0.29, 0.717) is 20.7 Å². The van der Waals surface area contributed by atoms with Crippen molar-refractivity contribution in [3.05, 3.63) is 63.6 Å². The highest BCUT2D eigenvalue weighted by atomic mass is 35.5. The lowest BCUT2D eigenvalue weighted by Crippen LogP contribution is -2.49. The molecule has 0 unspecified atom stereocenters. The van der Waals surface area contributed by atoms with Crippen molar-refractivity contribution < 1.29 is 4.79 Å². The summed E-state index contributed by atoms with van der Waals surface area (Å²) in [7, 11) is 0. The molecule has 1 aliphatic heterocycles. The minimum Gasteiger partial charge on any atom is -0.346 e. The van der Waals surface area contributed by atoms with Crippen molar-refractivity contribution in [3.8, 4) is 0 Å². The number of hydrogen-bond acceptors (Lipinski definition) is 3. The van der Waals surface area contributed by atoms with Gasteiger partial charge in [0.2, 0.25) is 0 Å². The standard InChI is InChI=1S/C20H21Cl2N3OS/c1-14(26)15-4-2-5-16(12-15)23-20(27)25-10-8-24(9-11-25)13-17-18(21)6-3-7-19(17)22/h2-7,12H,8-11,13H2,1H3,(H,23,27). The Morgan fingerprint density at radius 1 is 1.07 bits per heavy atom. The summed E-state index contributed by atoms with van der Waals surface area (Å²) in [6, 6.07) is 13.0. The lowest BCUT2D eigenvalue weighted by Gasteiger charge is -2.36. The van der Waals surface area contributed by atoms with Crippen LogP contribution in [0.4, 0.5) is 5.69 Å². The molecule has 0 saturated carbocycles. The SMILES string of the molecule is CC(=O)c1cccc(NC(=S)N2CCN(Cc3c(Cl)cccc3Cl)CC2)c1. The van der Waals surface area contributed by atoms with Gasteiger partial charge in [0.25, 0.3) is 0 Å². The summed E-state index contributed by atoms with van der Waals surface area (Å²) in [4.78, 5) is 16.0. The summed E-state index contributed by atoms with van der Waals surface area (Å²) in [6.07, 6.45) is 0. The summed E-state index contributed by atoms with van der Waals surface area (Å²) in [6.45, 7) is 5.67. The van der Waals surface area contributed by atoms with Crippen LogP contribution in [-0.2, 0) is 6.54 Å². The van der Waals surface area contributed by atoms with Gasteiger partial charge < -0.3 is 10.2 Å². The highest BCUT2D eigenvalue weighted by molar-refractivity contribution is 7.80. The van der Waals surface area contributed by atoms with E-state index in [-0.39, 0.29) is 5.78 Å². The second-order valence-corrected chi connectivity index (χ2v) is 7.73. The number of anilines is 1. The van der Waals surface area contributed by atoms with E-state index in [4.69, 9.17) is 35.4 Å². The number of rotatable bonds is 4. The average molecular weight is 422 g/mol. The first-order valence-electron chi connectivity index (χ1n) is 8.76. The molecule has 1 N–H and O–H groups in total. The summed E-state index contributed by atoms with van der Waals surface area (Å²) in [5.74, 6) is 0.0383. The molecule has 0 amide bonds. The molecule has 27 heavy (non-hydrogen) atoms. The summed E-state index contributed by atoms with van der Waals surface area (Å²) in [5, 5.41) is 5.31. The van der Waals surface area contributed by atoms with E-state index < -0.39 is 0 Å². The van der Waals surface area contributed by atoms with E-state index in [1.807, 2.05) is 36.4 Å². The molecule has 7 heteroatoms. The van der Waals surface area contributed by atoms with E-state index in [1.165, 1.54) is 0 Å². The fraction of sp³-hybridized carbons (Fsp3) is 0.300. The van der Waals surface area contributed by atoms with Gasteiger partial charge in [-0.15, -0.1) is 0 Å². The monoisotopic (exact) mass is 421 g/mol. The maximum Gasteiger partial charge on any atom is 0.173 e. The van der Waals surface area contributed by atoms with Crippen LogP contribution in [0.5, 0.6) is 0 Å². The molecule has 1 saturated heterocycles. The zero-order valence-electron chi connectivity index (χ0n) is 15.0. The molecule has 3 rings (SSSR count). The molecule has 0 atom stereocenters. The van der Waals surface area contributed by atoms with Gasteiger partial charge in [0.05, 0.1) is 0 Å². The number of piperazine rings is 1. The van der Waals surface area contributed by atoms with Crippen molar-refractivity contribution in [2.45, 2.75) is 13.5 Å². The fourth-order valence-electron chi connectivity index (χ4n) is 3.03. The van der Waals surface area contributed by atoms with Crippen molar-refractivity contribution in [1.82, 2.24) is 9.80 Å². The van der Waals surface area contributed by atoms with Crippen LogP contribution in [0, 0.1) is 0 Å². The van der Waals surface area contributed by atoms with Crippen molar-refractivity contribution >= 4 is 52.0 Å². The van der Waals surface area contributed by atoms with Gasteiger partial charge in [-0.2, -0.15) is 0 Å². The highest BCUT2D eigenvalue weighted by Crippen LogP contribution is 2.26. The van der Waals surface area contributed by atoms with Gasteiger partial charge in [0, 0.05) is 59.6 Å². The third kappa shape index (κ3) is 5.20. The van der Waals surface area contributed by atoms with Crippen molar-refractivity contribution in [2.75, 3.05) is 31.5 Å². The molecule has 0 bridgehead atoms. The maximum atomic E-state index is 11.5. The normalized spacial score (nSPS) is 14.9. The van der Waals surface area contributed by atoms with E-state index in [0.717, 1.165) is 44.0 Å². The Morgan fingerprint density at radius 3 is 2.33 bits per heavy atom. The molecule has 0 aromatic heterocycles. The van der Waals surface area contributed by atoms with E-state index in [1.54, 1.807) is 13.0 Å². The number of ketones is 1. The quantitative estimate of drug-likeness (QED) is 0.571. The third-order valence-electron chi connectivity index (χ3n) is 4.62. The second-order valence-electron chi connectivity index (χ2n) is 6.53. The van der Waals surface area contributed by atoms with Gasteiger partial charge in [-0.1, -0.05) is 41.4 Å². The van der Waals surface area contributed by atoms with Crippen LogP contribution in [0.3, 0.4) is 0 Å². The molecule has 1 heterocycles. The van der Waals surface area contributed by atoms with Crippen LogP contribution < -0.4 is 5.32 Å². The van der Waals surface area contributed by atoms with Gasteiger partial charge in [0.1, 0.15) is 0 Å². The van der Waals surface area contributed by atoms with Crippen LogP contribution in [0.1, 0.15) is 22.8 Å². The Kier molecular flexibility index (Phi) is 6.71. The first-order chi connectivity index (χ1) is 12.9. The number of benzene rings is 2. The Labute approximate surface area is 175 Å². The van der Waals surface area contributed by atoms with E-state index >= 15 is 0 Å². The van der Waals surface area contributed by atoms with Gasteiger partial charge in [-0.25, -0.2) is 0 Å². The molecular formula is C20H21Cl2N3OS. The molecule has 142 valence electrons. The van der Waals surface area contributed by atoms with Crippen molar-refractivity contribution in [1.29, 1.82) is 0 Å². The predicted molar refractivity (Wildman–Crippen MR) is 116 cm³/mol. The Hall–Kier alpha value is -1.66. The number of Topliss-reactive ketones (excluding diaryl/α,β-unsaturated/α-hetero) is 1. The molecule has 4 nitrogen and oxygen atoms in total. The zero-order valence-corrected chi connectivity index (χ0v) is 17.4. The number of halogens is 2. The summed E-state index contributed by atoms with van der Waals surface area (Å²) in [5.41, 5.74) is 2.47. The number of hydrogen-bond donors (Lipinski definition) is 1. The lowest BCUT2D eigenvalue weighted by atomic mass is 10.1. The molecule has 2 aromatic carbocycles. The Morgan fingerprint density at radius 2 is 1.70 bits per heavy atom. The molecule has 0 spiro atoms. The number of thiocarbonyl (C=S) groups is 1. The molecule has 0 radical (unpaired) electrons. The fourth-order valence-corrected chi connectivity index (χ4v) is 3.85. The molecule has 1 fully saturated rings. The first-order valence-corrected chi connectivity index (χ1v) is 9.92. The van der Waals surface area contributed by atoms with Gasteiger partial charge >= 0.3 is 0 Å². The zero-order chi connectivity index (χ0) is 19.4. The molecule has 1 aliphatic rings. The van der Waals surface area contributed by atoms with Crippen LogP contribution in [0.25, 0.3) is 0 Å². The maximum absolute atomic E-state index is 11.5. The van der Waals surface area contributed by atoms with Crippen LogP contribution >= 0.6 is 35.4 Å². The molecule has 0 aliphatic carbocycles. The van der Waals surface area contributed by atoms with Gasteiger partial charge in [-0.05, 0) is 43.4 Å². The predicted octanol–water partition coefficient (Wildman–Crippen LogP) is 4.71. The molecular weight excluding hydrogens is 401 g/mol. The number of carbonyl (C=O) groups excluding carboxylic acids is 1. The highest BCUT2D eigenvalue weighted by Gasteiger charge is 2.20. The van der Waals surface area contributed by atoms with E-state index in [9.17, 15) is 4.79 Å². The summed E-state index contributed by atoms with van der Waals surface area (Å²) < 4.78 is 0.